The van der Waals surface area contributed by atoms with Gasteiger partial charge < -0.3 is 19.3 Å². The first-order valence-corrected chi connectivity index (χ1v) is 9.69. The number of phenols is 1. The summed E-state index contributed by atoms with van der Waals surface area (Å²) < 4.78 is 42.0. The molecule has 156 valence electrons. The highest BCUT2D eigenvalue weighted by Gasteiger charge is 2.18. The number of benzene rings is 2. The molecule has 0 aromatic heterocycles. The van der Waals surface area contributed by atoms with E-state index in [1.54, 1.807) is 6.07 Å². The van der Waals surface area contributed by atoms with E-state index in [1.807, 2.05) is 0 Å². The van der Waals surface area contributed by atoms with Gasteiger partial charge in [-0.15, -0.1) is 0 Å². The van der Waals surface area contributed by atoms with Crippen LogP contribution in [0.25, 0.3) is 0 Å². The van der Waals surface area contributed by atoms with Gasteiger partial charge in [-0.2, -0.15) is 5.10 Å². The summed E-state index contributed by atoms with van der Waals surface area (Å²) in [6.45, 7) is -0.521. The molecule has 0 saturated carbocycles. The highest BCUT2D eigenvalue weighted by atomic mass is 32.2. The third-order valence-corrected chi connectivity index (χ3v) is 5.09. The maximum atomic E-state index is 12.3. The van der Waals surface area contributed by atoms with E-state index in [9.17, 15) is 18.3 Å². The molecule has 2 aromatic carbocycles. The summed E-state index contributed by atoms with van der Waals surface area (Å²) in [5, 5.41) is 13.3. The summed E-state index contributed by atoms with van der Waals surface area (Å²) in [5.41, 5.74) is 2.76. The Balaban J connectivity index is 1.96. The summed E-state index contributed by atoms with van der Waals surface area (Å²) >= 11 is 0. The molecule has 2 rings (SSSR count). The van der Waals surface area contributed by atoms with Gasteiger partial charge in [0.2, 0.25) is 10.0 Å². The lowest BCUT2D eigenvalue weighted by Gasteiger charge is -2.10. The molecule has 29 heavy (non-hydrogen) atoms. The second-order valence-corrected chi connectivity index (χ2v) is 7.33. The van der Waals surface area contributed by atoms with Crippen LogP contribution >= 0.6 is 0 Å². The summed E-state index contributed by atoms with van der Waals surface area (Å²) in [6.07, 6.45) is 1.32. The van der Waals surface area contributed by atoms with E-state index >= 15 is 0 Å². The van der Waals surface area contributed by atoms with E-state index in [0.717, 1.165) is 0 Å². The fraction of sp³-hybridized carbons (Fsp3) is 0.222. The molecular formula is C18H21N3O7S. The Hall–Kier alpha value is -3.31. The Morgan fingerprint density at radius 2 is 1.72 bits per heavy atom. The fourth-order valence-electron chi connectivity index (χ4n) is 2.22. The van der Waals surface area contributed by atoms with Crippen LogP contribution in [0, 0.1) is 0 Å². The van der Waals surface area contributed by atoms with Crippen molar-refractivity contribution in [2.45, 2.75) is 4.90 Å². The van der Waals surface area contributed by atoms with Crippen LogP contribution in [-0.4, -0.2) is 53.5 Å². The summed E-state index contributed by atoms with van der Waals surface area (Å²) in [6, 6.07) is 8.56. The van der Waals surface area contributed by atoms with E-state index in [-0.39, 0.29) is 22.1 Å². The van der Waals surface area contributed by atoms with Gasteiger partial charge in [-0.25, -0.2) is 18.6 Å². The third kappa shape index (κ3) is 5.83. The first kappa shape index (κ1) is 22.0. The van der Waals surface area contributed by atoms with Gasteiger partial charge in [0.1, 0.15) is 0 Å². The van der Waals surface area contributed by atoms with E-state index in [2.05, 4.69) is 15.2 Å². The van der Waals surface area contributed by atoms with Crippen LogP contribution in [0.3, 0.4) is 0 Å². The smallest absolute Gasteiger partial charge is 0.255 e. The SMILES string of the molecule is COc1cc(/C=N\NC(=O)CNS(=O)(=O)c2ccc(OC)c(OC)c2)ccc1O. The van der Waals surface area contributed by atoms with Gasteiger partial charge in [0, 0.05) is 6.07 Å². The zero-order valence-corrected chi connectivity index (χ0v) is 16.8. The Bertz CT molecular complexity index is 1010. The lowest BCUT2D eigenvalue weighted by molar-refractivity contribution is -0.119. The van der Waals surface area contributed by atoms with Crippen molar-refractivity contribution >= 4 is 22.1 Å². The lowest BCUT2D eigenvalue weighted by Crippen LogP contribution is -2.34. The number of sulfonamides is 1. The number of nitrogens with one attached hydrogen (secondary N) is 2. The molecule has 2 aromatic rings. The molecule has 0 aliphatic rings. The van der Waals surface area contributed by atoms with Crippen molar-refractivity contribution in [3.8, 4) is 23.0 Å². The van der Waals surface area contributed by atoms with Crippen LogP contribution in [0.2, 0.25) is 0 Å². The minimum Gasteiger partial charge on any atom is -0.504 e. The minimum absolute atomic E-state index is 0.0294. The van der Waals surface area contributed by atoms with E-state index in [1.165, 1.54) is 57.9 Å². The zero-order valence-electron chi connectivity index (χ0n) is 16.0. The van der Waals surface area contributed by atoms with Gasteiger partial charge in [-0.05, 0) is 35.9 Å². The van der Waals surface area contributed by atoms with Crippen molar-refractivity contribution in [1.82, 2.24) is 10.1 Å². The van der Waals surface area contributed by atoms with Crippen LogP contribution in [0.5, 0.6) is 23.0 Å². The first-order chi connectivity index (χ1) is 13.8. The third-order valence-electron chi connectivity index (χ3n) is 3.69. The number of carbonyl (C=O) groups excluding carboxylic acids is 1. The van der Waals surface area contributed by atoms with Gasteiger partial charge in [0.15, 0.2) is 23.0 Å². The van der Waals surface area contributed by atoms with Crippen molar-refractivity contribution in [3.05, 3.63) is 42.0 Å². The topological polar surface area (TPSA) is 136 Å². The largest absolute Gasteiger partial charge is 0.504 e. The van der Waals surface area contributed by atoms with Crippen molar-refractivity contribution in [3.63, 3.8) is 0 Å². The average molecular weight is 423 g/mol. The Labute approximate surface area is 168 Å². The second kappa shape index (κ2) is 9.75. The van der Waals surface area contributed by atoms with Crippen molar-refractivity contribution in [1.29, 1.82) is 0 Å². The van der Waals surface area contributed by atoms with Crippen LogP contribution < -0.4 is 24.4 Å². The molecule has 0 aliphatic carbocycles. The lowest BCUT2D eigenvalue weighted by atomic mass is 10.2. The van der Waals surface area contributed by atoms with Crippen molar-refractivity contribution in [2.24, 2.45) is 5.10 Å². The number of hydrogen-bond donors (Lipinski definition) is 3. The quantitative estimate of drug-likeness (QED) is 0.402. The zero-order chi connectivity index (χ0) is 21.4. The van der Waals surface area contributed by atoms with Crippen LogP contribution in [-0.2, 0) is 14.8 Å². The molecule has 0 atom stereocenters. The standard InChI is InChI=1S/C18H21N3O7S/c1-26-15-7-5-13(9-17(15)28-3)29(24,25)20-11-18(23)21-19-10-12-4-6-14(22)16(8-12)27-2/h4-10,20,22H,11H2,1-3H3,(H,21,23)/b19-10-. The normalized spacial score (nSPS) is 11.3. The monoisotopic (exact) mass is 423 g/mol. The number of carbonyl (C=O) groups is 1. The first-order valence-electron chi connectivity index (χ1n) is 8.21. The van der Waals surface area contributed by atoms with Gasteiger partial charge in [0.05, 0.1) is 39.0 Å². The molecule has 0 saturated heterocycles. The molecule has 10 nitrogen and oxygen atoms in total. The molecule has 0 aliphatic heterocycles. The second-order valence-electron chi connectivity index (χ2n) is 5.57. The molecule has 0 spiro atoms. The molecule has 11 heteroatoms. The number of ether oxygens (including phenoxy) is 3. The highest BCUT2D eigenvalue weighted by Crippen LogP contribution is 2.29. The van der Waals surface area contributed by atoms with Crippen LogP contribution in [0.15, 0.2) is 46.4 Å². The number of methoxy groups -OCH3 is 3. The van der Waals surface area contributed by atoms with Crippen LogP contribution in [0.1, 0.15) is 5.56 Å². The number of nitrogens with zero attached hydrogens (tertiary/aromatic N) is 1. The van der Waals surface area contributed by atoms with Crippen molar-refractivity contribution < 1.29 is 32.5 Å². The number of aromatic hydroxyl groups is 1. The number of hydrazone groups is 1. The predicted molar refractivity (Wildman–Crippen MR) is 105 cm³/mol. The molecule has 0 bridgehead atoms. The van der Waals surface area contributed by atoms with Crippen molar-refractivity contribution in [2.75, 3.05) is 27.9 Å². The van der Waals surface area contributed by atoms with Crippen LogP contribution in [0.4, 0.5) is 0 Å². The molecule has 0 fully saturated rings. The summed E-state index contributed by atoms with van der Waals surface area (Å²) in [5.74, 6) is 0.176. The molecular weight excluding hydrogens is 402 g/mol. The van der Waals surface area contributed by atoms with Gasteiger partial charge >= 0.3 is 0 Å². The van der Waals surface area contributed by atoms with E-state index in [4.69, 9.17) is 14.2 Å². The molecule has 0 radical (unpaired) electrons. The average Bonchev–Trinajstić information content (AvgIpc) is 2.72. The number of rotatable bonds is 9. The predicted octanol–water partition coefficient (Wildman–Crippen LogP) is 0.847. The van der Waals surface area contributed by atoms with Gasteiger partial charge in [0.25, 0.3) is 5.91 Å². The molecule has 0 unspecified atom stereocenters. The minimum atomic E-state index is -3.95. The van der Waals surface area contributed by atoms with Gasteiger partial charge in [-0.1, -0.05) is 0 Å². The maximum Gasteiger partial charge on any atom is 0.255 e. The Kier molecular flexibility index (Phi) is 7.39. The number of phenolic OH excluding ortho intramolecular Hbond substituents is 1. The number of amides is 1. The Morgan fingerprint density at radius 1 is 1.03 bits per heavy atom. The van der Waals surface area contributed by atoms with Gasteiger partial charge in [-0.3, -0.25) is 4.79 Å². The summed E-state index contributed by atoms with van der Waals surface area (Å²) in [4.78, 5) is 11.8. The summed E-state index contributed by atoms with van der Waals surface area (Å²) in [7, 11) is 0.278. The molecule has 1 amide bonds. The van der Waals surface area contributed by atoms with E-state index < -0.39 is 22.5 Å². The number of hydrogen-bond acceptors (Lipinski definition) is 8. The molecule has 3 N–H and O–H groups in total. The Morgan fingerprint density at radius 3 is 2.38 bits per heavy atom. The molecule has 0 heterocycles. The van der Waals surface area contributed by atoms with E-state index in [0.29, 0.717) is 11.3 Å². The highest BCUT2D eigenvalue weighted by molar-refractivity contribution is 7.89. The maximum absolute atomic E-state index is 12.3. The fourth-order valence-corrected chi connectivity index (χ4v) is 3.22.